The third kappa shape index (κ3) is 2.70. The number of anilines is 1. The first kappa shape index (κ1) is 12.4. The molecule has 98 valence electrons. The monoisotopic (exact) mass is 282 g/mol. The van der Waals surface area contributed by atoms with Gasteiger partial charge in [0.2, 0.25) is 5.13 Å². The maximum atomic E-state index is 12.0. The molecule has 0 bridgehead atoms. The predicted molar refractivity (Wildman–Crippen MR) is 77.5 cm³/mol. The van der Waals surface area contributed by atoms with Crippen LogP contribution in [0.5, 0.6) is 0 Å². The normalized spacial score (nSPS) is 10.2. The zero-order chi connectivity index (χ0) is 13.8. The van der Waals surface area contributed by atoms with E-state index in [9.17, 15) is 4.79 Å². The number of hydrogen-bond acceptors (Lipinski definition) is 5. The summed E-state index contributed by atoms with van der Waals surface area (Å²) in [7, 11) is 0. The minimum absolute atomic E-state index is 0.192. The van der Waals surface area contributed by atoms with E-state index in [2.05, 4.69) is 20.5 Å². The van der Waals surface area contributed by atoms with Crippen molar-refractivity contribution < 1.29 is 4.79 Å². The summed E-state index contributed by atoms with van der Waals surface area (Å²) in [5.41, 5.74) is 1.52. The lowest BCUT2D eigenvalue weighted by atomic mass is 10.2. The highest BCUT2D eigenvalue weighted by Gasteiger charge is 2.10. The van der Waals surface area contributed by atoms with Gasteiger partial charge in [-0.1, -0.05) is 29.5 Å². The van der Waals surface area contributed by atoms with Gasteiger partial charge >= 0.3 is 0 Å². The van der Waals surface area contributed by atoms with Crippen LogP contribution in [0.25, 0.3) is 10.6 Å². The van der Waals surface area contributed by atoms with Gasteiger partial charge < -0.3 is 0 Å². The van der Waals surface area contributed by atoms with Crippen molar-refractivity contribution in [2.45, 2.75) is 0 Å². The number of aromatic nitrogens is 3. The predicted octanol–water partition coefficient (Wildman–Crippen LogP) is 2.85. The van der Waals surface area contributed by atoms with Crippen molar-refractivity contribution in [3.63, 3.8) is 0 Å². The second-order valence-corrected chi connectivity index (χ2v) is 4.95. The molecular weight excluding hydrogens is 272 g/mol. The molecule has 1 amide bonds. The van der Waals surface area contributed by atoms with E-state index in [0.29, 0.717) is 10.7 Å². The maximum absolute atomic E-state index is 12.0. The SMILES string of the molecule is O=C(Nc1nnc(-c2ccncc2)s1)c1ccccc1. The molecule has 0 aliphatic carbocycles. The minimum Gasteiger partial charge on any atom is -0.296 e. The fourth-order valence-electron chi connectivity index (χ4n) is 1.64. The molecule has 2 aromatic heterocycles. The molecule has 3 rings (SSSR count). The highest BCUT2D eigenvalue weighted by atomic mass is 32.1. The number of nitrogens with zero attached hydrogens (tertiary/aromatic N) is 3. The molecule has 1 aromatic carbocycles. The van der Waals surface area contributed by atoms with Gasteiger partial charge in [0.1, 0.15) is 5.01 Å². The summed E-state index contributed by atoms with van der Waals surface area (Å²) in [4.78, 5) is 15.9. The lowest BCUT2D eigenvalue weighted by Crippen LogP contribution is -2.11. The molecule has 0 atom stereocenters. The summed E-state index contributed by atoms with van der Waals surface area (Å²) in [6.45, 7) is 0. The number of hydrogen-bond donors (Lipinski definition) is 1. The average Bonchev–Trinajstić information content (AvgIpc) is 2.97. The molecule has 5 nitrogen and oxygen atoms in total. The van der Waals surface area contributed by atoms with E-state index in [1.807, 2.05) is 30.3 Å². The Morgan fingerprint density at radius 3 is 2.50 bits per heavy atom. The largest absolute Gasteiger partial charge is 0.296 e. The van der Waals surface area contributed by atoms with Gasteiger partial charge in [0, 0.05) is 23.5 Å². The summed E-state index contributed by atoms with van der Waals surface area (Å²) in [6.07, 6.45) is 3.39. The Balaban J connectivity index is 1.77. The molecule has 3 aromatic rings. The smallest absolute Gasteiger partial charge is 0.257 e. The van der Waals surface area contributed by atoms with Crippen molar-refractivity contribution >= 4 is 22.4 Å². The number of pyridine rings is 1. The Morgan fingerprint density at radius 2 is 1.75 bits per heavy atom. The Labute approximate surface area is 119 Å². The lowest BCUT2D eigenvalue weighted by molar-refractivity contribution is 0.102. The molecule has 1 N–H and O–H groups in total. The van der Waals surface area contributed by atoms with E-state index >= 15 is 0 Å². The van der Waals surface area contributed by atoms with Crippen LogP contribution in [-0.4, -0.2) is 21.1 Å². The van der Waals surface area contributed by atoms with Gasteiger partial charge in [-0.15, -0.1) is 10.2 Å². The van der Waals surface area contributed by atoms with Crippen LogP contribution in [-0.2, 0) is 0 Å². The summed E-state index contributed by atoms with van der Waals surface area (Å²) in [5, 5.41) is 12.0. The second-order valence-electron chi connectivity index (χ2n) is 3.97. The lowest BCUT2D eigenvalue weighted by Gasteiger charge is -1.99. The maximum Gasteiger partial charge on any atom is 0.257 e. The number of amides is 1. The van der Waals surface area contributed by atoms with Crippen molar-refractivity contribution in [1.82, 2.24) is 15.2 Å². The topological polar surface area (TPSA) is 67.8 Å². The van der Waals surface area contributed by atoms with E-state index in [4.69, 9.17) is 0 Å². The quantitative estimate of drug-likeness (QED) is 0.802. The fraction of sp³-hybridized carbons (Fsp3) is 0. The molecule has 0 saturated carbocycles. The van der Waals surface area contributed by atoms with Crippen LogP contribution in [0.15, 0.2) is 54.9 Å². The van der Waals surface area contributed by atoms with Crippen molar-refractivity contribution in [3.8, 4) is 10.6 Å². The number of carbonyl (C=O) groups excluding carboxylic acids is 1. The number of nitrogens with one attached hydrogen (secondary N) is 1. The Hall–Kier alpha value is -2.60. The van der Waals surface area contributed by atoms with Crippen LogP contribution in [0, 0.1) is 0 Å². The van der Waals surface area contributed by atoms with Gasteiger partial charge in [-0.25, -0.2) is 0 Å². The van der Waals surface area contributed by atoms with Crippen LogP contribution in [0.4, 0.5) is 5.13 Å². The molecule has 0 aliphatic rings. The van der Waals surface area contributed by atoms with Gasteiger partial charge in [0.25, 0.3) is 5.91 Å². The third-order valence-corrected chi connectivity index (χ3v) is 3.50. The van der Waals surface area contributed by atoms with Gasteiger partial charge in [0.05, 0.1) is 0 Å². The zero-order valence-electron chi connectivity index (χ0n) is 10.4. The molecule has 0 aliphatic heterocycles. The highest BCUT2D eigenvalue weighted by molar-refractivity contribution is 7.18. The van der Waals surface area contributed by atoms with Crippen LogP contribution in [0.2, 0.25) is 0 Å². The highest BCUT2D eigenvalue weighted by Crippen LogP contribution is 2.25. The summed E-state index contributed by atoms with van der Waals surface area (Å²) in [6, 6.07) is 12.7. The fourth-order valence-corrected chi connectivity index (χ4v) is 2.39. The van der Waals surface area contributed by atoms with Gasteiger partial charge in [-0.3, -0.25) is 15.1 Å². The molecule has 6 heteroatoms. The van der Waals surface area contributed by atoms with E-state index in [1.54, 1.807) is 24.5 Å². The first-order valence-electron chi connectivity index (χ1n) is 5.93. The minimum atomic E-state index is -0.192. The molecule has 20 heavy (non-hydrogen) atoms. The number of benzene rings is 1. The number of rotatable bonds is 3. The Morgan fingerprint density at radius 1 is 1.00 bits per heavy atom. The molecule has 0 saturated heterocycles. The first-order chi connectivity index (χ1) is 9.83. The molecule has 0 spiro atoms. The molecule has 0 radical (unpaired) electrons. The van der Waals surface area contributed by atoms with Crippen LogP contribution in [0.3, 0.4) is 0 Å². The molecule has 0 unspecified atom stereocenters. The third-order valence-electron chi connectivity index (χ3n) is 2.61. The molecule has 0 fully saturated rings. The Kier molecular flexibility index (Phi) is 3.47. The van der Waals surface area contributed by atoms with E-state index in [1.165, 1.54) is 11.3 Å². The van der Waals surface area contributed by atoms with Crippen molar-refractivity contribution in [2.24, 2.45) is 0 Å². The van der Waals surface area contributed by atoms with Crippen LogP contribution >= 0.6 is 11.3 Å². The molecular formula is C14H10N4OS. The van der Waals surface area contributed by atoms with Crippen molar-refractivity contribution in [3.05, 3.63) is 60.4 Å². The van der Waals surface area contributed by atoms with Crippen LogP contribution < -0.4 is 5.32 Å². The summed E-state index contributed by atoms with van der Waals surface area (Å²) < 4.78 is 0. The average molecular weight is 282 g/mol. The second kappa shape index (κ2) is 5.58. The zero-order valence-corrected chi connectivity index (χ0v) is 11.2. The van der Waals surface area contributed by atoms with Crippen molar-refractivity contribution in [1.29, 1.82) is 0 Å². The van der Waals surface area contributed by atoms with E-state index < -0.39 is 0 Å². The van der Waals surface area contributed by atoms with Gasteiger partial charge in [0.15, 0.2) is 0 Å². The summed E-state index contributed by atoms with van der Waals surface area (Å²) >= 11 is 1.33. The van der Waals surface area contributed by atoms with E-state index in [-0.39, 0.29) is 5.91 Å². The standard InChI is InChI=1S/C14H10N4OS/c19-12(10-4-2-1-3-5-10)16-14-18-17-13(20-14)11-6-8-15-9-7-11/h1-9H,(H,16,18,19). The molecule has 2 heterocycles. The van der Waals surface area contributed by atoms with E-state index in [0.717, 1.165) is 10.6 Å². The number of carbonyl (C=O) groups is 1. The Bertz CT molecular complexity index is 712. The van der Waals surface area contributed by atoms with Gasteiger partial charge in [-0.2, -0.15) is 0 Å². The van der Waals surface area contributed by atoms with Crippen LogP contribution in [0.1, 0.15) is 10.4 Å². The van der Waals surface area contributed by atoms with Gasteiger partial charge in [-0.05, 0) is 24.3 Å². The van der Waals surface area contributed by atoms with Crippen molar-refractivity contribution in [2.75, 3.05) is 5.32 Å². The summed E-state index contributed by atoms with van der Waals surface area (Å²) in [5.74, 6) is -0.192. The first-order valence-corrected chi connectivity index (χ1v) is 6.75.